The second kappa shape index (κ2) is 4.44. The van der Waals surface area contributed by atoms with Gasteiger partial charge in [0.1, 0.15) is 6.10 Å². The van der Waals surface area contributed by atoms with Gasteiger partial charge in [-0.05, 0) is 19.8 Å². The zero-order valence-corrected chi connectivity index (χ0v) is 9.21. The van der Waals surface area contributed by atoms with Gasteiger partial charge in [-0.15, -0.1) is 0 Å². The molecule has 86 valence electrons. The Morgan fingerprint density at radius 1 is 1.47 bits per heavy atom. The molecule has 1 rings (SSSR count). The minimum atomic E-state index is -3.07. The first-order valence-electron chi connectivity index (χ1n) is 5.34. The van der Waals surface area contributed by atoms with Crippen molar-refractivity contribution in [3.8, 4) is 0 Å². The van der Waals surface area contributed by atoms with Crippen LogP contribution in [0.25, 0.3) is 0 Å². The van der Waals surface area contributed by atoms with E-state index in [1.54, 1.807) is 25.2 Å². The molecule has 0 aromatic heterocycles. The SMILES string of the molecule is CCCC(O)C(F)(F)[C@]1(C)C=CC=CC1. The van der Waals surface area contributed by atoms with Crippen LogP contribution in [0.5, 0.6) is 0 Å². The minimum absolute atomic E-state index is 0.139. The molecule has 0 saturated heterocycles. The summed E-state index contributed by atoms with van der Waals surface area (Å²) in [6.45, 7) is 3.28. The zero-order valence-electron chi connectivity index (χ0n) is 9.21. The molecular formula is C12H18F2O. The summed E-state index contributed by atoms with van der Waals surface area (Å²) < 4.78 is 27.9. The van der Waals surface area contributed by atoms with E-state index in [0.717, 1.165) is 0 Å². The lowest BCUT2D eigenvalue weighted by atomic mass is 9.75. The van der Waals surface area contributed by atoms with Gasteiger partial charge >= 0.3 is 0 Å². The lowest BCUT2D eigenvalue weighted by Crippen LogP contribution is -2.47. The monoisotopic (exact) mass is 216 g/mol. The van der Waals surface area contributed by atoms with E-state index in [-0.39, 0.29) is 12.8 Å². The van der Waals surface area contributed by atoms with Crippen LogP contribution in [0.2, 0.25) is 0 Å². The van der Waals surface area contributed by atoms with Gasteiger partial charge in [-0.25, -0.2) is 8.78 Å². The van der Waals surface area contributed by atoms with E-state index in [0.29, 0.717) is 6.42 Å². The molecule has 1 aliphatic rings. The highest BCUT2D eigenvalue weighted by Gasteiger charge is 2.52. The van der Waals surface area contributed by atoms with Crippen LogP contribution in [0.4, 0.5) is 8.78 Å². The maximum Gasteiger partial charge on any atom is 0.282 e. The third-order valence-corrected chi connectivity index (χ3v) is 3.00. The Kier molecular flexibility index (Phi) is 3.66. The van der Waals surface area contributed by atoms with Crippen LogP contribution < -0.4 is 0 Å². The molecule has 1 N–H and O–H groups in total. The molecule has 0 spiro atoms. The molecular weight excluding hydrogens is 198 g/mol. The van der Waals surface area contributed by atoms with Crippen LogP contribution in [-0.4, -0.2) is 17.1 Å². The number of hydrogen-bond acceptors (Lipinski definition) is 1. The molecule has 0 amide bonds. The Labute approximate surface area is 89.5 Å². The standard InChI is InChI=1S/C12H18F2O/c1-3-7-10(15)12(13,14)11(2)8-5-4-6-9-11/h4-6,8,10,15H,3,7,9H2,1-2H3/t10?,11-/m1/s1. The number of allylic oxidation sites excluding steroid dienone is 4. The zero-order chi connectivity index (χ0) is 11.5. The van der Waals surface area contributed by atoms with Crippen molar-refractivity contribution >= 4 is 0 Å². The van der Waals surface area contributed by atoms with Gasteiger partial charge in [0.05, 0.1) is 5.41 Å². The quantitative estimate of drug-likeness (QED) is 0.764. The Hall–Kier alpha value is -0.700. The van der Waals surface area contributed by atoms with Gasteiger partial charge in [0, 0.05) is 0 Å². The van der Waals surface area contributed by atoms with E-state index in [9.17, 15) is 13.9 Å². The summed E-state index contributed by atoms with van der Waals surface area (Å²) in [6, 6.07) is 0. The van der Waals surface area contributed by atoms with Gasteiger partial charge in [-0.1, -0.05) is 37.6 Å². The Morgan fingerprint density at radius 2 is 2.13 bits per heavy atom. The molecule has 0 fully saturated rings. The lowest BCUT2D eigenvalue weighted by Gasteiger charge is -2.38. The molecule has 0 aliphatic heterocycles. The molecule has 0 bridgehead atoms. The summed E-state index contributed by atoms with van der Waals surface area (Å²) in [7, 11) is 0. The van der Waals surface area contributed by atoms with E-state index in [1.165, 1.54) is 13.0 Å². The molecule has 0 saturated carbocycles. The molecule has 2 atom stereocenters. The van der Waals surface area contributed by atoms with Crippen molar-refractivity contribution in [1.29, 1.82) is 0 Å². The maximum absolute atomic E-state index is 13.9. The fourth-order valence-electron chi connectivity index (χ4n) is 1.81. The predicted octanol–water partition coefficient (Wildman–Crippen LogP) is 3.31. The minimum Gasteiger partial charge on any atom is -0.387 e. The van der Waals surface area contributed by atoms with Crippen LogP contribution in [0, 0.1) is 5.41 Å². The van der Waals surface area contributed by atoms with Gasteiger partial charge < -0.3 is 5.11 Å². The number of halogens is 2. The van der Waals surface area contributed by atoms with Crippen LogP contribution in [-0.2, 0) is 0 Å². The van der Waals surface area contributed by atoms with Crippen molar-refractivity contribution in [2.24, 2.45) is 5.41 Å². The van der Waals surface area contributed by atoms with Crippen molar-refractivity contribution in [1.82, 2.24) is 0 Å². The van der Waals surface area contributed by atoms with E-state index in [2.05, 4.69) is 0 Å². The topological polar surface area (TPSA) is 20.2 Å². The number of alkyl halides is 2. The van der Waals surface area contributed by atoms with E-state index in [4.69, 9.17) is 0 Å². The first-order valence-corrected chi connectivity index (χ1v) is 5.34. The van der Waals surface area contributed by atoms with E-state index >= 15 is 0 Å². The molecule has 0 heterocycles. The second-order valence-electron chi connectivity index (χ2n) is 4.34. The molecule has 1 aliphatic carbocycles. The first-order chi connectivity index (χ1) is 6.94. The lowest BCUT2D eigenvalue weighted by molar-refractivity contribution is -0.171. The van der Waals surface area contributed by atoms with Crippen molar-refractivity contribution in [2.45, 2.75) is 45.1 Å². The fourth-order valence-corrected chi connectivity index (χ4v) is 1.81. The van der Waals surface area contributed by atoms with Gasteiger partial charge in [0.25, 0.3) is 5.92 Å². The summed E-state index contributed by atoms with van der Waals surface area (Å²) in [5.74, 6) is -3.07. The van der Waals surface area contributed by atoms with Crippen LogP contribution in [0.15, 0.2) is 24.3 Å². The van der Waals surface area contributed by atoms with Crippen LogP contribution in [0.1, 0.15) is 33.1 Å². The fraction of sp³-hybridized carbons (Fsp3) is 0.667. The number of aliphatic hydroxyl groups is 1. The van der Waals surface area contributed by atoms with Gasteiger partial charge in [-0.3, -0.25) is 0 Å². The largest absolute Gasteiger partial charge is 0.387 e. The second-order valence-corrected chi connectivity index (χ2v) is 4.34. The number of aliphatic hydroxyl groups excluding tert-OH is 1. The Bertz CT molecular complexity index is 271. The van der Waals surface area contributed by atoms with Crippen LogP contribution in [0.3, 0.4) is 0 Å². The molecule has 1 unspecified atom stereocenters. The highest BCUT2D eigenvalue weighted by molar-refractivity contribution is 5.19. The summed E-state index contributed by atoms with van der Waals surface area (Å²) >= 11 is 0. The van der Waals surface area contributed by atoms with Crippen molar-refractivity contribution in [3.05, 3.63) is 24.3 Å². The van der Waals surface area contributed by atoms with Crippen LogP contribution >= 0.6 is 0 Å². The summed E-state index contributed by atoms with van der Waals surface area (Å²) in [4.78, 5) is 0. The average molecular weight is 216 g/mol. The van der Waals surface area contributed by atoms with Crippen molar-refractivity contribution in [2.75, 3.05) is 0 Å². The normalized spacial score (nSPS) is 28.1. The summed E-state index contributed by atoms with van der Waals surface area (Å²) in [6.07, 6.45) is 6.01. The summed E-state index contributed by atoms with van der Waals surface area (Å²) in [5, 5.41) is 9.49. The third kappa shape index (κ3) is 2.28. The molecule has 1 nitrogen and oxygen atoms in total. The number of rotatable bonds is 4. The Balaban J connectivity index is 2.84. The molecule has 3 heteroatoms. The average Bonchev–Trinajstić information content (AvgIpc) is 2.19. The van der Waals surface area contributed by atoms with Gasteiger partial charge in [0.15, 0.2) is 0 Å². The third-order valence-electron chi connectivity index (χ3n) is 3.00. The maximum atomic E-state index is 13.9. The molecule has 15 heavy (non-hydrogen) atoms. The molecule has 0 aromatic rings. The highest BCUT2D eigenvalue weighted by Crippen LogP contribution is 2.45. The summed E-state index contributed by atoms with van der Waals surface area (Å²) in [5.41, 5.74) is -1.25. The van der Waals surface area contributed by atoms with Crippen molar-refractivity contribution < 1.29 is 13.9 Å². The van der Waals surface area contributed by atoms with E-state index < -0.39 is 17.4 Å². The van der Waals surface area contributed by atoms with E-state index in [1.807, 2.05) is 0 Å². The molecule has 0 aromatic carbocycles. The smallest absolute Gasteiger partial charge is 0.282 e. The Morgan fingerprint density at radius 3 is 2.60 bits per heavy atom. The predicted molar refractivity (Wildman–Crippen MR) is 56.9 cm³/mol. The number of hydrogen-bond donors (Lipinski definition) is 1. The molecule has 0 radical (unpaired) electrons. The highest BCUT2D eigenvalue weighted by atomic mass is 19.3. The van der Waals surface area contributed by atoms with Crippen molar-refractivity contribution in [3.63, 3.8) is 0 Å². The van der Waals surface area contributed by atoms with Gasteiger partial charge in [0.2, 0.25) is 0 Å². The first kappa shape index (κ1) is 12.4. The van der Waals surface area contributed by atoms with Gasteiger partial charge in [-0.2, -0.15) is 0 Å².